The maximum Gasteiger partial charge on any atom is 0.264 e. The molecule has 2 aromatic heterocycles. The molecule has 3 heterocycles. The van der Waals surface area contributed by atoms with Crippen LogP contribution in [0.25, 0.3) is 10.9 Å². The van der Waals surface area contributed by atoms with Gasteiger partial charge in [-0.1, -0.05) is 6.42 Å². The molecule has 33 heavy (non-hydrogen) atoms. The second-order valence-corrected chi connectivity index (χ2v) is 7.85. The van der Waals surface area contributed by atoms with Gasteiger partial charge in [0.1, 0.15) is 18.5 Å². The topological polar surface area (TPSA) is 137 Å². The molecule has 0 bridgehead atoms. The number of fused-ring (bicyclic) bond motifs is 1. The number of piperidine rings is 1. The van der Waals surface area contributed by atoms with Gasteiger partial charge in [-0.2, -0.15) is 0 Å². The predicted octanol–water partition coefficient (Wildman–Crippen LogP) is 1.43. The van der Waals surface area contributed by atoms with Crippen molar-refractivity contribution in [1.82, 2.24) is 24.4 Å². The summed E-state index contributed by atoms with van der Waals surface area (Å²) in [5, 5.41) is 2.82. The summed E-state index contributed by atoms with van der Waals surface area (Å²) < 4.78 is 12.8. The summed E-state index contributed by atoms with van der Waals surface area (Å²) in [6.07, 6.45) is 7.72. The Balaban J connectivity index is 1.66. The van der Waals surface area contributed by atoms with Gasteiger partial charge in [-0.15, -0.1) is 0 Å². The van der Waals surface area contributed by atoms with E-state index in [4.69, 9.17) is 15.2 Å². The van der Waals surface area contributed by atoms with E-state index in [1.165, 1.54) is 56.7 Å². The number of nitrogens with two attached hydrogens (primary N) is 1. The zero-order valence-corrected chi connectivity index (χ0v) is 18.7. The van der Waals surface area contributed by atoms with Gasteiger partial charge in [-0.25, -0.2) is 15.0 Å². The fourth-order valence-electron chi connectivity index (χ4n) is 3.90. The van der Waals surface area contributed by atoms with Gasteiger partial charge in [0.05, 0.1) is 23.7 Å². The number of methoxy groups -OCH3 is 1. The van der Waals surface area contributed by atoms with Gasteiger partial charge >= 0.3 is 0 Å². The quantitative estimate of drug-likeness (QED) is 0.509. The molecule has 0 aliphatic carbocycles. The average Bonchev–Trinajstić information content (AvgIpc) is 2.83. The van der Waals surface area contributed by atoms with E-state index in [0.717, 1.165) is 19.6 Å². The number of likely N-dealkylation sites (tertiary alicyclic amines) is 1. The molecule has 0 unspecified atom stereocenters. The van der Waals surface area contributed by atoms with Gasteiger partial charge in [-0.05, 0) is 25.9 Å². The maximum atomic E-state index is 13.1. The number of hydrogen-bond donors (Lipinski definition) is 2. The largest absolute Gasteiger partial charge is 0.491 e. The molecule has 0 atom stereocenters. The Hall–Kier alpha value is -3.73. The minimum Gasteiger partial charge on any atom is -0.491 e. The van der Waals surface area contributed by atoms with Gasteiger partial charge in [0.25, 0.3) is 11.5 Å². The van der Waals surface area contributed by atoms with Crippen molar-refractivity contribution < 1.29 is 14.3 Å². The van der Waals surface area contributed by atoms with Crippen molar-refractivity contribution in [3.05, 3.63) is 40.7 Å². The van der Waals surface area contributed by atoms with Crippen molar-refractivity contribution in [3.8, 4) is 11.5 Å². The van der Waals surface area contributed by atoms with E-state index in [9.17, 15) is 9.59 Å². The first-order chi connectivity index (χ1) is 16.0. The molecule has 11 nitrogen and oxygen atoms in total. The van der Waals surface area contributed by atoms with E-state index >= 15 is 0 Å². The molecule has 1 fully saturated rings. The predicted molar refractivity (Wildman–Crippen MR) is 124 cm³/mol. The van der Waals surface area contributed by atoms with E-state index in [0.29, 0.717) is 12.4 Å². The summed E-state index contributed by atoms with van der Waals surface area (Å²) in [6.45, 7) is 3.36. The van der Waals surface area contributed by atoms with Crippen LogP contribution < -0.4 is 26.1 Å². The lowest BCUT2D eigenvalue weighted by atomic mass is 10.1. The molecule has 0 spiro atoms. The summed E-state index contributed by atoms with van der Waals surface area (Å²) >= 11 is 0. The van der Waals surface area contributed by atoms with Crippen LogP contribution in [0, 0.1) is 0 Å². The van der Waals surface area contributed by atoms with E-state index in [1.54, 1.807) is 6.07 Å². The lowest BCUT2D eigenvalue weighted by molar-refractivity contribution is 0.102. The molecule has 1 aliphatic heterocycles. The Labute approximate surface area is 190 Å². The number of benzene rings is 1. The second kappa shape index (κ2) is 9.82. The summed E-state index contributed by atoms with van der Waals surface area (Å²) in [7, 11) is 2.97. The number of aromatic nitrogens is 4. The minimum atomic E-state index is -0.502. The van der Waals surface area contributed by atoms with E-state index in [-0.39, 0.29) is 33.9 Å². The first kappa shape index (κ1) is 22.5. The normalized spacial score (nSPS) is 14.2. The van der Waals surface area contributed by atoms with Crippen LogP contribution in [0.3, 0.4) is 0 Å². The van der Waals surface area contributed by atoms with E-state index in [2.05, 4.69) is 25.2 Å². The molecule has 174 valence electrons. The lowest BCUT2D eigenvalue weighted by Crippen LogP contribution is -2.33. The molecule has 1 aromatic carbocycles. The number of amides is 1. The molecule has 11 heteroatoms. The van der Waals surface area contributed by atoms with Gasteiger partial charge in [-0.3, -0.25) is 24.4 Å². The Kier molecular flexibility index (Phi) is 6.68. The van der Waals surface area contributed by atoms with Crippen molar-refractivity contribution in [2.24, 2.45) is 7.05 Å². The summed E-state index contributed by atoms with van der Waals surface area (Å²) in [4.78, 5) is 40.1. The fraction of sp³-hybridized carbons (Fsp3) is 0.409. The van der Waals surface area contributed by atoms with Crippen LogP contribution in [0.4, 0.5) is 11.6 Å². The Bertz CT molecular complexity index is 1210. The van der Waals surface area contributed by atoms with Crippen LogP contribution in [0.5, 0.6) is 11.5 Å². The third-order valence-electron chi connectivity index (χ3n) is 5.67. The van der Waals surface area contributed by atoms with Crippen molar-refractivity contribution in [2.45, 2.75) is 19.3 Å². The smallest absolute Gasteiger partial charge is 0.264 e. The molecule has 3 N–H and O–H groups in total. The van der Waals surface area contributed by atoms with Crippen molar-refractivity contribution >= 4 is 28.4 Å². The summed E-state index contributed by atoms with van der Waals surface area (Å²) in [5.74, 6) is 0.214. The first-order valence-electron chi connectivity index (χ1n) is 10.8. The molecule has 1 saturated heterocycles. The highest BCUT2D eigenvalue weighted by Crippen LogP contribution is 2.37. The van der Waals surface area contributed by atoms with E-state index in [1.807, 2.05) is 0 Å². The number of carbonyl (C=O) groups is 1. The molecule has 0 saturated carbocycles. The SMILES string of the molecule is COc1c(OCCN2CCCCC2)cc(N)c2c(=O)n(C)c(NC(=O)c3cncnc3)nc12. The summed E-state index contributed by atoms with van der Waals surface area (Å²) in [6, 6.07) is 1.58. The number of ether oxygens (including phenoxy) is 2. The number of nitrogens with zero attached hydrogens (tertiary/aromatic N) is 5. The standard InChI is InChI=1S/C22H27N7O4/c1-28-21(31)17-15(23)10-16(33-9-8-29-6-4-3-5-7-29)19(32-2)18(17)26-22(28)27-20(30)14-11-24-13-25-12-14/h10-13H,3-9,23H2,1-2H3,(H,26,27,30). The monoisotopic (exact) mass is 453 g/mol. The average molecular weight is 454 g/mol. The highest BCUT2D eigenvalue weighted by molar-refractivity contribution is 6.04. The zero-order valence-electron chi connectivity index (χ0n) is 18.7. The molecule has 0 radical (unpaired) electrons. The fourth-order valence-corrected chi connectivity index (χ4v) is 3.90. The van der Waals surface area contributed by atoms with Crippen LogP contribution in [-0.2, 0) is 7.05 Å². The van der Waals surface area contributed by atoms with Gasteiger partial charge in [0.2, 0.25) is 5.95 Å². The van der Waals surface area contributed by atoms with Crippen molar-refractivity contribution in [1.29, 1.82) is 0 Å². The zero-order chi connectivity index (χ0) is 23.4. The van der Waals surface area contributed by atoms with Crippen LogP contribution in [0.2, 0.25) is 0 Å². The number of carbonyl (C=O) groups excluding carboxylic acids is 1. The highest BCUT2D eigenvalue weighted by atomic mass is 16.5. The maximum absolute atomic E-state index is 13.1. The van der Waals surface area contributed by atoms with Crippen molar-refractivity contribution in [3.63, 3.8) is 0 Å². The number of rotatable bonds is 7. The van der Waals surface area contributed by atoms with Gasteiger partial charge in [0, 0.05) is 32.1 Å². The van der Waals surface area contributed by atoms with E-state index < -0.39 is 11.5 Å². The number of nitrogens with one attached hydrogen (secondary N) is 1. The third kappa shape index (κ3) is 4.72. The molecular formula is C22H27N7O4. The molecule has 1 amide bonds. The van der Waals surface area contributed by atoms with Crippen molar-refractivity contribution in [2.75, 3.05) is 44.4 Å². The van der Waals surface area contributed by atoms with Gasteiger partial charge in [0.15, 0.2) is 11.5 Å². The second-order valence-electron chi connectivity index (χ2n) is 7.85. The Morgan fingerprint density at radius 1 is 1.21 bits per heavy atom. The van der Waals surface area contributed by atoms with Crippen LogP contribution in [0.15, 0.2) is 29.6 Å². The third-order valence-corrected chi connectivity index (χ3v) is 5.67. The van der Waals surface area contributed by atoms with Crippen LogP contribution in [-0.4, -0.2) is 63.7 Å². The molecule has 4 rings (SSSR count). The minimum absolute atomic E-state index is 0.0320. The highest BCUT2D eigenvalue weighted by Gasteiger charge is 2.21. The number of hydrogen-bond acceptors (Lipinski definition) is 9. The summed E-state index contributed by atoms with van der Waals surface area (Å²) in [5.41, 5.74) is 6.45. The lowest BCUT2D eigenvalue weighted by Gasteiger charge is -2.26. The van der Waals surface area contributed by atoms with Gasteiger partial charge < -0.3 is 15.2 Å². The number of nitrogen functional groups attached to an aromatic ring is 1. The first-order valence-corrected chi connectivity index (χ1v) is 10.8. The van der Waals surface area contributed by atoms with Crippen LogP contribution >= 0.6 is 0 Å². The Morgan fingerprint density at radius 3 is 2.64 bits per heavy atom. The molecule has 3 aromatic rings. The molecular weight excluding hydrogens is 426 g/mol. The van der Waals surface area contributed by atoms with Crippen LogP contribution in [0.1, 0.15) is 29.6 Å². The Morgan fingerprint density at radius 2 is 1.94 bits per heavy atom. The number of anilines is 2. The molecule has 1 aliphatic rings.